The molecule has 0 saturated heterocycles. The molecule has 0 spiro atoms. The Labute approximate surface area is 149 Å². The Morgan fingerprint density at radius 1 is 1.20 bits per heavy atom. The van der Waals surface area contributed by atoms with Gasteiger partial charge in [0.25, 0.3) is 5.91 Å². The first kappa shape index (κ1) is 18.8. The van der Waals surface area contributed by atoms with E-state index in [1.807, 2.05) is 37.3 Å². The standard InChI is InChI=1S/C21H27N3O/c1-3-4-5-6-7-10-13-23-21(25)17(15-22)14-19-16(2)24-20-12-9-8-11-18(19)20/h8-9,11-12,14,24H,3-7,10,13H2,1-2H3,(H,23,25)/b17-14+. The second-order valence-corrected chi connectivity index (χ2v) is 6.40. The molecule has 0 aliphatic heterocycles. The topological polar surface area (TPSA) is 68.7 Å². The van der Waals surface area contributed by atoms with Crippen LogP contribution in [0.25, 0.3) is 17.0 Å². The zero-order valence-corrected chi connectivity index (χ0v) is 15.2. The number of nitrogens with zero attached hydrogens (tertiary/aromatic N) is 1. The van der Waals surface area contributed by atoms with Crippen molar-refractivity contribution >= 4 is 22.9 Å². The summed E-state index contributed by atoms with van der Waals surface area (Å²) in [4.78, 5) is 15.6. The molecule has 0 unspecified atom stereocenters. The van der Waals surface area contributed by atoms with Crippen LogP contribution in [0.4, 0.5) is 0 Å². The summed E-state index contributed by atoms with van der Waals surface area (Å²) in [6.45, 7) is 4.78. The van der Waals surface area contributed by atoms with E-state index in [1.54, 1.807) is 6.08 Å². The first-order valence-corrected chi connectivity index (χ1v) is 9.14. The van der Waals surface area contributed by atoms with Crippen LogP contribution in [-0.4, -0.2) is 17.4 Å². The van der Waals surface area contributed by atoms with Crippen LogP contribution in [0, 0.1) is 18.3 Å². The van der Waals surface area contributed by atoms with Gasteiger partial charge in [-0.05, 0) is 25.5 Å². The minimum absolute atomic E-state index is 0.152. The van der Waals surface area contributed by atoms with Gasteiger partial charge in [-0.1, -0.05) is 57.2 Å². The molecule has 1 amide bonds. The van der Waals surface area contributed by atoms with E-state index in [0.717, 1.165) is 35.0 Å². The van der Waals surface area contributed by atoms with Crippen LogP contribution in [0.5, 0.6) is 0 Å². The lowest BCUT2D eigenvalue weighted by molar-refractivity contribution is -0.117. The predicted molar refractivity (Wildman–Crippen MR) is 103 cm³/mol. The van der Waals surface area contributed by atoms with Crippen LogP contribution in [0.15, 0.2) is 29.8 Å². The molecule has 4 nitrogen and oxygen atoms in total. The number of hydrogen-bond donors (Lipinski definition) is 2. The van der Waals surface area contributed by atoms with Gasteiger partial charge >= 0.3 is 0 Å². The van der Waals surface area contributed by atoms with Crippen LogP contribution in [0.1, 0.15) is 56.7 Å². The number of carbonyl (C=O) groups is 1. The van der Waals surface area contributed by atoms with Crippen molar-refractivity contribution in [3.63, 3.8) is 0 Å². The zero-order valence-electron chi connectivity index (χ0n) is 15.2. The van der Waals surface area contributed by atoms with E-state index < -0.39 is 0 Å². The van der Waals surface area contributed by atoms with Gasteiger partial charge in [0.2, 0.25) is 0 Å². The van der Waals surface area contributed by atoms with Crippen molar-refractivity contribution in [1.29, 1.82) is 5.26 Å². The quantitative estimate of drug-likeness (QED) is 0.390. The smallest absolute Gasteiger partial charge is 0.261 e. The normalized spacial score (nSPS) is 11.5. The number of aromatic amines is 1. The molecule has 0 aliphatic carbocycles. The highest BCUT2D eigenvalue weighted by molar-refractivity contribution is 6.04. The average molecular weight is 337 g/mol. The fraction of sp³-hybridized carbons (Fsp3) is 0.429. The van der Waals surface area contributed by atoms with Crippen LogP contribution in [-0.2, 0) is 4.79 Å². The van der Waals surface area contributed by atoms with Gasteiger partial charge in [0.15, 0.2) is 0 Å². The summed E-state index contributed by atoms with van der Waals surface area (Å²) in [7, 11) is 0. The predicted octanol–water partition coefficient (Wildman–Crippen LogP) is 4.86. The lowest BCUT2D eigenvalue weighted by Crippen LogP contribution is -2.25. The molecule has 0 atom stereocenters. The van der Waals surface area contributed by atoms with Crippen molar-refractivity contribution in [2.24, 2.45) is 0 Å². The third kappa shape index (κ3) is 5.22. The molecule has 0 fully saturated rings. The van der Waals surface area contributed by atoms with Crippen LogP contribution in [0.3, 0.4) is 0 Å². The first-order valence-electron chi connectivity index (χ1n) is 9.14. The van der Waals surface area contributed by atoms with E-state index in [2.05, 4.69) is 17.2 Å². The summed E-state index contributed by atoms with van der Waals surface area (Å²) in [6.07, 6.45) is 8.74. The summed E-state index contributed by atoms with van der Waals surface area (Å²) >= 11 is 0. The number of rotatable bonds is 9. The summed E-state index contributed by atoms with van der Waals surface area (Å²) in [5, 5.41) is 13.3. The number of benzene rings is 1. The monoisotopic (exact) mass is 337 g/mol. The number of nitriles is 1. The third-order valence-corrected chi connectivity index (χ3v) is 4.41. The van der Waals surface area contributed by atoms with Crippen LogP contribution >= 0.6 is 0 Å². The average Bonchev–Trinajstić information content (AvgIpc) is 2.93. The first-order chi connectivity index (χ1) is 12.2. The summed E-state index contributed by atoms with van der Waals surface area (Å²) in [5.41, 5.74) is 3.02. The molecule has 2 N–H and O–H groups in total. The summed E-state index contributed by atoms with van der Waals surface area (Å²) in [5.74, 6) is -0.291. The Balaban J connectivity index is 1.96. The van der Waals surface area contributed by atoms with Gasteiger partial charge in [0.05, 0.1) is 0 Å². The Morgan fingerprint density at radius 2 is 1.92 bits per heavy atom. The lowest BCUT2D eigenvalue weighted by atomic mass is 10.1. The zero-order chi connectivity index (χ0) is 18.1. The van der Waals surface area contributed by atoms with E-state index in [1.165, 1.54) is 25.7 Å². The van der Waals surface area contributed by atoms with E-state index in [4.69, 9.17) is 0 Å². The molecule has 4 heteroatoms. The highest BCUT2D eigenvalue weighted by Crippen LogP contribution is 2.24. The van der Waals surface area contributed by atoms with Crippen molar-refractivity contribution in [3.05, 3.63) is 41.1 Å². The fourth-order valence-corrected chi connectivity index (χ4v) is 2.98. The fourth-order valence-electron chi connectivity index (χ4n) is 2.98. The Hall–Kier alpha value is -2.54. The van der Waals surface area contributed by atoms with E-state index in [-0.39, 0.29) is 11.5 Å². The van der Waals surface area contributed by atoms with Gasteiger partial charge in [-0.25, -0.2) is 0 Å². The highest BCUT2D eigenvalue weighted by Gasteiger charge is 2.12. The van der Waals surface area contributed by atoms with Gasteiger partial charge in [0.1, 0.15) is 11.6 Å². The molecule has 132 valence electrons. The number of fused-ring (bicyclic) bond motifs is 1. The number of unbranched alkanes of at least 4 members (excludes halogenated alkanes) is 5. The number of amides is 1. The SMILES string of the molecule is CCCCCCCCNC(=O)/C(C#N)=C/c1c(C)[nH]c2ccccc12. The number of nitrogens with one attached hydrogen (secondary N) is 2. The largest absolute Gasteiger partial charge is 0.358 e. The van der Waals surface area contributed by atoms with Crippen molar-refractivity contribution in [3.8, 4) is 6.07 Å². The number of para-hydroxylation sites is 1. The van der Waals surface area contributed by atoms with Gasteiger partial charge in [-0.15, -0.1) is 0 Å². The molecule has 0 aliphatic rings. The van der Waals surface area contributed by atoms with Crippen molar-refractivity contribution in [1.82, 2.24) is 10.3 Å². The van der Waals surface area contributed by atoms with Crippen molar-refractivity contribution in [2.75, 3.05) is 6.54 Å². The van der Waals surface area contributed by atoms with Crippen LogP contribution in [0.2, 0.25) is 0 Å². The highest BCUT2D eigenvalue weighted by atomic mass is 16.1. The third-order valence-electron chi connectivity index (χ3n) is 4.41. The van der Waals surface area contributed by atoms with E-state index in [9.17, 15) is 10.1 Å². The maximum Gasteiger partial charge on any atom is 0.261 e. The maximum absolute atomic E-state index is 12.3. The van der Waals surface area contributed by atoms with Crippen molar-refractivity contribution in [2.45, 2.75) is 52.4 Å². The molecular weight excluding hydrogens is 310 g/mol. The molecular formula is C21H27N3O. The molecule has 25 heavy (non-hydrogen) atoms. The number of aryl methyl sites for hydroxylation is 1. The second kappa shape index (κ2) is 9.68. The molecule has 1 heterocycles. The van der Waals surface area contributed by atoms with E-state index >= 15 is 0 Å². The second-order valence-electron chi connectivity index (χ2n) is 6.40. The van der Waals surface area contributed by atoms with Gasteiger partial charge in [-0.2, -0.15) is 5.26 Å². The summed E-state index contributed by atoms with van der Waals surface area (Å²) < 4.78 is 0. The molecule has 0 saturated carbocycles. The molecule has 2 aromatic rings. The molecule has 1 aromatic carbocycles. The molecule has 0 bridgehead atoms. The Bertz CT molecular complexity index is 780. The molecule has 2 rings (SSSR count). The number of hydrogen-bond acceptors (Lipinski definition) is 2. The lowest BCUT2D eigenvalue weighted by Gasteiger charge is -2.04. The number of aromatic nitrogens is 1. The summed E-state index contributed by atoms with van der Waals surface area (Å²) in [6, 6.07) is 9.94. The number of H-pyrrole nitrogens is 1. The minimum Gasteiger partial charge on any atom is -0.358 e. The van der Waals surface area contributed by atoms with Crippen molar-refractivity contribution < 1.29 is 4.79 Å². The van der Waals surface area contributed by atoms with Gasteiger partial charge < -0.3 is 10.3 Å². The molecule has 1 aromatic heterocycles. The Kier molecular flexibility index (Phi) is 7.28. The van der Waals surface area contributed by atoms with Crippen LogP contribution < -0.4 is 5.32 Å². The maximum atomic E-state index is 12.3. The number of carbonyl (C=O) groups excluding carboxylic acids is 1. The Morgan fingerprint density at radius 3 is 2.68 bits per heavy atom. The van der Waals surface area contributed by atoms with Gasteiger partial charge in [0, 0.05) is 28.7 Å². The van der Waals surface area contributed by atoms with E-state index in [0.29, 0.717) is 6.54 Å². The molecule has 0 radical (unpaired) electrons. The minimum atomic E-state index is -0.291. The van der Waals surface area contributed by atoms with Gasteiger partial charge in [-0.3, -0.25) is 4.79 Å².